The van der Waals surface area contributed by atoms with Crippen LogP contribution in [-0.2, 0) is 11.3 Å². The lowest BCUT2D eigenvalue weighted by Crippen LogP contribution is -2.45. The molecule has 0 radical (unpaired) electrons. The molecule has 37 heavy (non-hydrogen) atoms. The lowest BCUT2D eigenvalue weighted by Gasteiger charge is -2.32. The minimum absolute atomic E-state index is 0.0575. The van der Waals surface area contributed by atoms with Crippen LogP contribution in [0.1, 0.15) is 34.3 Å². The van der Waals surface area contributed by atoms with Gasteiger partial charge in [-0.1, -0.05) is 48.5 Å². The zero-order valence-electron chi connectivity index (χ0n) is 20.4. The smallest absolute Gasteiger partial charge is 0.269 e. The van der Waals surface area contributed by atoms with Gasteiger partial charge in [0.05, 0.1) is 4.92 Å². The first-order valence-corrected chi connectivity index (χ1v) is 12.2. The van der Waals surface area contributed by atoms with Gasteiger partial charge in [-0.05, 0) is 54.3 Å². The summed E-state index contributed by atoms with van der Waals surface area (Å²) in [6.45, 7) is 2.77. The molecule has 8 nitrogen and oxygen atoms in total. The van der Waals surface area contributed by atoms with Crippen molar-refractivity contribution in [3.63, 3.8) is 0 Å². The van der Waals surface area contributed by atoms with Crippen molar-refractivity contribution in [3.8, 4) is 5.75 Å². The third-order valence-electron chi connectivity index (χ3n) is 6.24. The largest absolute Gasteiger partial charge is 0.484 e. The Morgan fingerprint density at radius 2 is 1.65 bits per heavy atom. The molecule has 3 aromatic carbocycles. The molecule has 1 N–H and O–H groups in total. The number of hydrogen-bond donors (Lipinski definition) is 1. The van der Waals surface area contributed by atoms with Gasteiger partial charge in [-0.15, -0.1) is 0 Å². The highest BCUT2D eigenvalue weighted by molar-refractivity contribution is 6.06. The van der Waals surface area contributed by atoms with E-state index in [9.17, 15) is 19.7 Å². The second-order valence-corrected chi connectivity index (χ2v) is 8.96. The van der Waals surface area contributed by atoms with E-state index in [0.29, 0.717) is 11.3 Å². The molecule has 0 spiro atoms. The van der Waals surface area contributed by atoms with Crippen molar-refractivity contribution in [3.05, 3.63) is 112 Å². The Hall–Kier alpha value is -4.30. The number of non-ortho nitro benzene ring substituents is 1. The van der Waals surface area contributed by atoms with Crippen LogP contribution in [0.2, 0.25) is 0 Å². The molecule has 4 rings (SSSR count). The Morgan fingerprint density at radius 1 is 0.973 bits per heavy atom. The summed E-state index contributed by atoms with van der Waals surface area (Å²) in [5.74, 6) is 0.170. The molecular formula is C29H29N3O5. The summed E-state index contributed by atoms with van der Waals surface area (Å²) in [4.78, 5) is 37.3. The number of nitro benzene ring substituents is 1. The molecule has 0 saturated carbocycles. The fourth-order valence-electron chi connectivity index (χ4n) is 4.19. The zero-order valence-corrected chi connectivity index (χ0v) is 20.4. The van der Waals surface area contributed by atoms with Gasteiger partial charge < -0.3 is 10.1 Å². The third-order valence-corrected chi connectivity index (χ3v) is 6.24. The molecule has 1 heterocycles. The van der Waals surface area contributed by atoms with Gasteiger partial charge in [-0.25, -0.2) is 0 Å². The van der Waals surface area contributed by atoms with Crippen LogP contribution in [0.5, 0.6) is 5.75 Å². The Labute approximate surface area is 215 Å². The van der Waals surface area contributed by atoms with E-state index in [2.05, 4.69) is 34.5 Å². The lowest BCUT2D eigenvalue weighted by atomic mass is 10.0. The normalized spacial score (nSPS) is 14.4. The summed E-state index contributed by atoms with van der Waals surface area (Å²) in [6.07, 6.45) is 4.90. The van der Waals surface area contributed by atoms with Crippen molar-refractivity contribution in [1.29, 1.82) is 0 Å². The quantitative estimate of drug-likeness (QED) is 0.189. The van der Waals surface area contributed by atoms with Gasteiger partial charge in [0.25, 0.3) is 11.6 Å². The van der Waals surface area contributed by atoms with Gasteiger partial charge in [-0.3, -0.25) is 24.6 Å². The second-order valence-electron chi connectivity index (χ2n) is 8.96. The van der Waals surface area contributed by atoms with E-state index in [1.165, 1.54) is 35.9 Å². The molecule has 0 aromatic heterocycles. The molecule has 3 aromatic rings. The molecule has 1 aliphatic rings. The summed E-state index contributed by atoms with van der Waals surface area (Å²) < 4.78 is 5.62. The van der Waals surface area contributed by atoms with Gasteiger partial charge in [0.15, 0.2) is 12.4 Å². The first-order chi connectivity index (χ1) is 18.0. The average molecular weight is 500 g/mol. The number of ether oxygens (including phenoxy) is 1. The number of nitro groups is 1. The minimum Gasteiger partial charge on any atom is -0.484 e. The van der Waals surface area contributed by atoms with Crippen LogP contribution in [0.25, 0.3) is 6.08 Å². The first-order valence-electron chi connectivity index (χ1n) is 12.2. The highest BCUT2D eigenvalue weighted by atomic mass is 16.6. The number of amides is 1. The van der Waals surface area contributed by atoms with E-state index in [1.54, 1.807) is 30.3 Å². The van der Waals surface area contributed by atoms with Crippen LogP contribution < -0.4 is 10.1 Å². The molecule has 0 atom stereocenters. The Morgan fingerprint density at radius 3 is 2.30 bits per heavy atom. The number of carbonyl (C=O) groups excluding carboxylic acids is 2. The predicted molar refractivity (Wildman–Crippen MR) is 141 cm³/mol. The van der Waals surface area contributed by atoms with E-state index in [-0.39, 0.29) is 30.0 Å². The molecule has 1 aliphatic heterocycles. The first kappa shape index (κ1) is 25.8. The van der Waals surface area contributed by atoms with Gasteiger partial charge >= 0.3 is 0 Å². The number of nitrogens with one attached hydrogen (secondary N) is 1. The van der Waals surface area contributed by atoms with Crippen molar-refractivity contribution >= 4 is 23.5 Å². The molecule has 8 heteroatoms. The maximum Gasteiger partial charge on any atom is 0.269 e. The molecule has 1 amide bonds. The van der Waals surface area contributed by atoms with Crippen molar-refractivity contribution in [2.24, 2.45) is 0 Å². The van der Waals surface area contributed by atoms with Crippen LogP contribution >= 0.6 is 0 Å². The summed E-state index contributed by atoms with van der Waals surface area (Å²) in [7, 11) is 0. The van der Waals surface area contributed by atoms with Gasteiger partial charge in [0.1, 0.15) is 5.75 Å². The Balaban J connectivity index is 1.17. The predicted octanol–water partition coefficient (Wildman–Crippen LogP) is 4.65. The fourth-order valence-corrected chi connectivity index (χ4v) is 4.19. The highest BCUT2D eigenvalue weighted by Crippen LogP contribution is 2.16. The van der Waals surface area contributed by atoms with Crippen LogP contribution in [0.3, 0.4) is 0 Å². The van der Waals surface area contributed by atoms with E-state index in [1.807, 2.05) is 6.07 Å². The van der Waals surface area contributed by atoms with Crippen molar-refractivity contribution in [1.82, 2.24) is 10.2 Å². The Kier molecular flexibility index (Phi) is 8.78. The number of allylic oxidation sites excluding steroid dienone is 1. The maximum atomic E-state index is 12.4. The molecule has 1 saturated heterocycles. The minimum atomic E-state index is -0.506. The summed E-state index contributed by atoms with van der Waals surface area (Å²) in [5.41, 5.74) is 2.40. The van der Waals surface area contributed by atoms with Crippen molar-refractivity contribution in [2.45, 2.75) is 25.4 Å². The van der Waals surface area contributed by atoms with E-state index >= 15 is 0 Å². The summed E-state index contributed by atoms with van der Waals surface area (Å²) >= 11 is 0. The standard InChI is InChI=1S/C29H29N3O5/c33-28(24-9-11-26(12-10-24)32(35)36)15-8-22-6-13-27(14-7-22)37-21-29(34)30-25-16-18-31(19-17-25)20-23-4-2-1-3-5-23/h1-15,25H,16-21H2,(H,30,34). The third kappa shape index (κ3) is 7.85. The molecule has 190 valence electrons. The van der Waals surface area contributed by atoms with Gasteiger partial charge in [0.2, 0.25) is 0 Å². The number of piperidine rings is 1. The van der Waals surface area contributed by atoms with Crippen LogP contribution in [-0.4, -0.2) is 47.3 Å². The van der Waals surface area contributed by atoms with Gasteiger partial charge in [-0.2, -0.15) is 0 Å². The average Bonchev–Trinajstić information content (AvgIpc) is 2.93. The molecule has 1 fully saturated rings. The SMILES string of the molecule is O=C(COc1ccc(C=CC(=O)c2ccc([N+](=O)[O-])cc2)cc1)NC1CCN(Cc2ccccc2)CC1. The number of carbonyl (C=O) groups is 2. The molecular weight excluding hydrogens is 470 g/mol. The fraction of sp³-hybridized carbons (Fsp3) is 0.241. The topological polar surface area (TPSA) is 102 Å². The van der Waals surface area contributed by atoms with Gasteiger partial charge in [0, 0.05) is 43.4 Å². The highest BCUT2D eigenvalue weighted by Gasteiger charge is 2.20. The lowest BCUT2D eigenvalue weighted by molar-refractivity contribution is -0.384. The number of likely N-dealkylation sites (tertiary alicyclic amines) is 1. The Bertz CT molecular complexity index is 1230. The van der Waals surface area contributed by atoms with E-state index < -0.39 is 4.92 Å². The van der Waals surface area contributed by atoms with Crippen molar-refractivity contribution < 1.29 is 19.2 Å². The van der Waals surface area contributed by atoms with Crippen molar-refractivity contribution in [2.75, 3.05) is 19.7 Å². The number of rotatable bonds is 10. The number of ketones is 1. The summed E-state index contributed by atoms with van der Waals surface area (Å²) in [6, 6.07) is 23.1. The molecule has 0 bridgehead atoms. The van der Waals surface area contributed by atoms with Crippen LogP contribution in [0.15, 0.2) is 84.9 Å². The van der Waals surface area contributed by atoms with Crippen LogP contribution in [0.4, 0.5) is 5.69 Å². The second kappa shape index (κ2) is 12.6. The van der Waals surface area contributed by atoms with Crippen LogP contribution in [0, 0.1) is 10.1 Å². The number of nitrogens with zero attached hydrogens (tertiary/aromatic N) is 2. The maximum absolute atomic E-state index is 12.4. The van der Waals surface area contributed by atoms with E-state index in [0.717, 1.165) is 38.0 Å². The monoisotopic (exact) mass is 499 g/mol. The zero-order chi connectivity index (χ0) is 26.0. The molecule has 0 unspecified atom stereocenters. The number of benzene rings is 3. The molecule has 0 aliphatic carbocycles. The number of hydrogen-bond acceptors (Lipinski definition) is 6. The summed E-state index contributed by atoms with van der Waals surface area (Å²) in [5, 5.41) is 13.8. The van der Waals surface area contributed by atoms with E-state index in [4.69, 9.17) is 4.74 Å².